The molecule has 4 aliphatic rings. The summed E-state index contributed by atoms with van der Waals surface area (Å²) in [6.45, 7) is 1.89. The Labute approximate surface area is 141 Å². The minimum atomic E-state index is -0.667. The number of hydrogen-bond donors (Lipinski definition) is 2. The molecular formula is C18H25N3O3. The van der Waals surface area contributed by atoms with Crippen molar-refractivity contribution in [3.8, 4) is 0 Å². The van der Waals surface area contributed by atoms with Gasteiger partial charge >= 0.3 is 5.97 Å². The van der Waals surface area contributed by atoms with Gasteiger partial charge in [-0.05, 0) is 64.7 Å². The van der Waals surface area contributed by atoms with Crippen LogP contribution in [-0.4, -0.2) is 32.3 Å². The van der Waals surface area contributed by atoms with Crippen LogP contribution in [0, 0.1) is 12.3 Å². The molecule has 0 aromatic carbocycles. The van der Waals surface area contributed by atoms with Gasteiger partial charge < -0.3 is 10.4 Å². The number of amides is 1. The zero-order chi connectivity index (χ0) is 16.9. The highest BCUT2D eigenvalue weighted by Gasteiger charge is 2.53. The van der Waals surface area contributed by atoms with Gasteiger partial charge in [0.1, 0.15) is 0 Å². The van der Waals surface area contributed by atoms with Crippen molar-refractivity contribution in [3.05, 3.63) is 17.5 Å². The summed E-state index contributed by atoms with van der Waals surface area (Å²) in [7, 11) is 0. The van der Waals surface area contributed by atoms with Crippen LogP contribution in [0.1, 0.15) is 79.9 Å². The molecule has 1 aromatic heterocycles. The molecule has 4 fully saturated rings. The number of carbonyl (C=O) groups is 2. The third-order valence-electron chi connectivity index (χ3n) is 6.69. The van der Waals surface area contributed by atoms with Crippen molar-refractivity contribution < 1.29 is 14.7 Å². The largest absolute Gasteiger partial charge is 0.481 e. The van der Waals surface area contributed by atoms with Crippen molar-refractivity contribution >= 4 is 11.9 Å². The molecule has 24 heavy (non-hydrogen) atoms. The van der Waals surface area contributed by atoms with Crippen LogP contribution in [0.3, 0.4) is 0 Å². The molecule has 2 N–H and O–H groups in total. The van der Waals surface area contributed by atoms with Crippen LogP contribution in [0.2, 0.25) is 0 Å². The third-order valence-corrected chi connectivity index (χ3v) is 6.69. The molecule has 0 saturated heterocycles. The molecule has 1 heterocycles. The highest BCUT2D eigenvalue weighted by Crippen LogP contribution is 2.52. The topological polar surface area (TPSA) is 84.2 Å². The predicted molar refractivity (Wildman–Crippen MR) is 87.8 cm³/mol. The van der Waals surface area contributed by atoms with Crippen molar-refractivity contribution in [2.45, 2.75) is 76.3 Å². The Morgan fingerprint density at radius 1 is 1.21 bits per heavy atom. The molecule has 0 radical (unpaired) electrons. The van der Waals surface area contributed by atoms with E-state index in [-0.39, 0.29) is 11.4 Å². The van der Waals surface area contributed by atoms with Crippen molar-refractivity contribution in [2.24, 2.45) is 5.41 Å². The maximum atomic E-state index is 12.8. The third kappa shape index (κ3) is 2.34. The lowest BCUT2D eigenvalue weighted by Gasteiger charge is -2.51. The molecule has 4 aliphatic carbocycles. The molecule has 4 saturated carbocycles. The first-order valence-electron chi connectivity index (χ1n) is 9.05. The molecule has 1 aromatic rings. The Hall–Kier alpha value is -1.85. The number of aromatic nitrogens is 2. The second kappa shape index (κ2) is 5.33. The Balaban J connectivity index is 1.47. The van der Waals surface area contributed by atoms with Crippen LogP contribution in [-0.2, 0) is 4.79 Å². The summed E-state index contributed by atoms with van der Waals surface area (Å²) in [6.07, 6.45) is 9.71. The number of nitrogens with zero attached hydrogens (tertiary/aromatic N) is 2. The lowest BCUT2D eigenvalue weighted by atomic mass is 9.57. The average Bonchev–Trinajstić information content (AvgIpc) is 2.88. The highest BCUT2D eigenvalue weighted by molar-refractivity contribution is 5.95. The van der Waals surface area contributed by atoms with E-state index in [9.17, 15) is 14.7 Å². The van der Waals surface area contributed by atoms with Gasteiger partial charge in [-0.3, -0.25) is 14.3 Å². The van der Waals surface area contributed by atoms with Gasteiger partial charge in [-0.1, -0.05) is 0 Å². The molecule has 2 bridgehead atoms. The Morgan fingerprint density at radius 2 is 1.83 bits per heavy atom. The summed E-state index contributed by atoms with van der Waals surface area (Å²) in [6, 6.07) is 0.448. The van der Waals surface area contributed by atoms with Crippen LogP contribution in [0.25, 0.3) is 0 Å². The normalized spacial score (nSPS) is 32.4. The van der Waals surface area contributed by atoms with Crippen LogP contribution in [0.5, 0.6) is 0 Å². The minimum Gasteiger partial charge on any atom is -0.481 e. The summed E-state index contributed by atoms with van der Waals surface area (Å²) < 4.78 is 1.95. The standard InChI is InChI=1S/C18H25N3O3/c1-12-14(11-21(20-12)13-3-2-4-13)15(22)19-18-8-5-17(6-9-18,7-10-18)16(23)24/h11,13H,2-10H2,1H3,(H,19,22)(H,23,24). The van der Waals surface area contributed by atoms with E-state index in [1.165, 1.54) is 6.42 Å². The van der Waals surface area contributed by atoms with E-state index < -0.39 is 11.4 Å². The molecule has 5 rings (SSSR count). The van der Waals surface area contributed by atoms with Crippen LogP contribution in [0.15, 0.2) is 6.20 Å². The second-order valence-corrected chi connectivity index (χ2v) is 8.01. The molecular weight excluding hydrogens is 306 g/mol. The molecule has 0 atom stereocenters. The monoisotopic (exact) mass is 331 g/mol. The van der Waals surface area contributed by atoms with Gasteiger partial charge in [-0.2, -0.15) is 5.10 Å². The Bertz CT molecular complexity index is 665. The van der Waals surface area contributed by atoms with Crippen molar-refractivity contribution in [1.82, 2.24) is 15.1 Å². The van der Waals surface area contributed by atoms with Crippen LogP contribution >= 0.6 is 0 Å². The molecule has 0 spiro atoms. The fourth-order valence-corrected chi connectivity index (χ4v) is 4.54. The average molecular weight is 331 g/mol. The van der Waals surface area contributed by atoms with Crippen molar-refractivity contribution in [1.29, 1.82) is 0 Å². The predicted octanol–water partition coefficient (Wildman–Crippen LogP) is 2.82. The van der Waals surface area contributed by atoms with E-state index >= 15 is 0 Å². The van der Waals surface area contributed by atoms with Gasteiger partial charge in [0.15, 0.2) is 0 Å². The molecule has 6 nitrogen and oxygen atoms in total. The Kier molecular flexibility index (Phi) is 3.48. The summed E-state index contributed by atoms with van der Waals surface area (Å²) in [5.41, 5.74) is 0.677. The smallest absolute Gasteiger partial charge is 0.309 e. The quantitative estimate of drug-likeness (QED) is 0.888. The van der Waals surface area contributed by atoms with E-state index in [2.05, 4.69) is 10.4 Å². The highest BCUT2D eigenvalue weighted by atomic mass is 16.4. The van der Waals surface area contributed by atoms with E-state index in [1.807, 2.05) is 17.8 Å². The van der Waals surface area contributed by atoms with Crippen LogP contribution in [0.4, 0.5) is 0 Å². The number of aryl methyl sites for hydroxylation is 1. The number of aliphatic carboxylic acids is 1. The van der Waals surface area contributed by atoms with Crippen LogP contribution < -0.4 is 5.32 Å². The van der Waals surface area contributed by atoms with Gasteiger partial charge in [0, 0.05) is 11.7 Å². The number of rotatable bonds is 4. The maximum absolute atomic E-state index is 12.8. The first kappa shape index (κ1) is 15.7. The number of fused-ring (bicyclic) bond motifs is 3. The number of nitrogens with one attached hydrogen (secondary N) is 1. The number of carboxylic acid groups (broad SMARTS) is 1. The number of carboxylic acids is 1. The van der Waals surface area contributed by atoms with Gasteiger partial charge in [0.2, 0.25) is 0 Å². The summed E-state index contributed by atoms with van der Waals surface area (Å²) in [5, 5.41) is 17.2. The fraction of sp³-hybridized carbons (Fsp3) is 0.722. The molecule has 0 aliphatic heterocycles. The van der Waals surface area contributed by atoms with Crippen molar-refractivity contribution in [3.63, 3.8) is 0 Å². The van der Waals surface area contributed by atoms with Gasteiger partial charge in [0.25, 0.3) is 5.91 Å². The molecule has 0 unspecified atom stereocenters. The lowest BCUT2D eigenvalue weighted by molar-refractivity contribution is -0.156. The molecule has 130 valence electrons. The maximum Gasteiger partial charge on any atom is 0.309 e. The fourth-order valence-electron chi connectivity index (χ4n) is 4.54. The summed E-state index contributed by atoms with van der Waals surface area (Å²) in [4.78, 5) is 24.3. The van der Waals surface area contributed by atoms with E-state index in [1.54, 1.807) is 0 Å². The number of hydrogen-bond acceptors (Lipinski definition) is 3. The van der Waals surface area contributed by atoms with E-state index in [0.717, 1.165) is 37.8 Å². The first-order valence-corrected chi connectivity index (χ1v) is 9.05. The molecule has 1 amide bonds. The zero-order valence-corrected chi connectivity index (χ0v) is 14.2. The minimum absolute atomic E-state index is 0.0530. The van der Waals surface area contributed by atoms with Gasteiger partial charge in [-0.15, -0.1) is 0 Å². The van der Waals surface area contributed by atoms with E-state index in [0.29, 0.717) is 30.9 Å². The lowest BCUT2D eigenvalue weighted by Crippen LogP contribution is -2.58. The van der Waals surface area contributed by atoms with Crippen molar-refractivity contribution in [2.75, 3.05) is 0 Å². The first-order chi connectivity index (χ1) is 11.4. The van der Waals surface area contributed by atoms with E-state index in [4.69, 9.17) is 0 Å². The SMILES string of the molecule is Cc1nn(C2CCC2)cc1C(=O)NC12CCC(C(=O)O)(CC1)CC2. The van der Waals surface area contributed by atoms with Gasteiger partial charge in [-0.25, -0.2) is 0 Å². The number of carbonyl (C=O) groups excluding carboxylic acids is 1. The zero-order valence-electron chi connectivity index (χ0n) is 14.2. The second-order valence-electron chi connectivity index (χ2n) is 8.01. The summed E-state index contributed by atoms with van der Waals surface area (Å²) in [5.74, 6) is -0.720. The Morgan fingerprint density at radius 3 is 2.33 bits per heavy atom. The summed E-state index contributed by atoms with van der Waals surface area (Å²) >= 11 is 0. The van der Waals surface area contributed by atoms with Gasteiger partial charge in [0.05, 0.1) is 22.7 Å². The molecule has 6 heteroatoms.